The molecular formula is C23H31N3O3S. The quantitative estimate of drug-likeness (QED) is 0.688. The number of amides is 1. The van der Waals surface area contributed by atoms with Crippen molar-refractivity contribution in [3.8, 4) is 6.07 Å². The van der Waals surface area contributed by atoms with Crippen LogP contribution in [-0.4, -0.2) is 24.0 Å². The van der Waals surface area contributed by atoms with Crippen LogP contribution in [0.5, 0.6) is 0 Å². The number of ether oxygens (including phenoxy) is 1. The Bertz CT molecular complexity index is 912. The number of nitrogens with one attached hydrogen (secondary N) is 2. The molecule has 2 N–H and O–H groups in total. The van der Waals surface area contributed by atoms with Crippen LogP contribution in [0.25, 0.3) is 0 Å². The second-order valence-electron chi connectivity index (χ2n) is 10.4. The SMILES string of the molecule is CC1(C)Cc2c(sc(NC(=O)COC(=O)C[C@@H]3C[C@H]4CC[C@@H]3C4)c2C#N)C(C)(C)N1. The molecule has 4 rings (SSSR count). The highest BCUT2D eigenvalue weighted by Gasteiger charge is 2.41. The van der Waals surface area contributed by atoms with E-state index in [9.17, 15) is 14.9 Å². The van der Waals surface area contributed by atoms with Gasteiger partial charge < -0.3 is 15.4 Å². The highest BCUT2D eigenvalue weighted by molar-refractivity contribution is 7.17. The molecule has 3 aliphatic rings. The van der Waals surface area contributed by atoms with Crippen molar-refractivity contribution in [3.05, 3.63) is 16.0 Å². The van der Waals surface area contributed by atoms with E-state index in [2.05, 4.69) is 44.4 Å². The molecule has 7 heteroatoms. The van der Waals surface area contributed by atoms with E-state index in [4.69, 9.17) is 4.74 Å². The molecule has 0 spiro atoms. The zero-order valence-electron chi connectivity index (χ0n) is 18.3. The van der Waals surface area contributed by atoms with Crippen molar-refractivity contribution in [1.29, 1.82) is 5.26 Å². The molecule has 30 heavy (non-hydrogen) atoms. The number of hydrogen-bond acceptors (Lipinski definition) is 6. The number of thiophene rings is 1. The molecule has 0 unspecified atom stereocenters. The van der Waals surface area contributed by atoms with Crippen molar-refractivity contribution in [1.82, 2.24) is 5.32 Å². The van der Waals surface area contributed by atoms with Crippen molar-refractivity contribution in [2.24, 2.45) is 17.8 Å². The topological polar surface area (TPSA) is 91.2 Å². The van der Waals surface area contributed by atoms with E-state index >= 15 is 0 Å². The summed E-state index contributed by atoms with van der Waals surface area (Å²) in [6.45, 7) is 8.11. The highest BCUT2D eigenvalue weighted by atomic mass is 32.1. The number of carbonyl (C=O) groups is 2. The maximum absolute atomic E-state index is 12.4. The number of nitriles is 1. The van der Waals surface area contributed by atoms with Gasteiger partial charge in [-0.3, -0.25) is 9.59 Å². The molecule has 1 aromatic heterocycles. The fourth-order valence-electron chi connectivity index (χ4n) is 5.94. The molecular weight excluding hydrogens is 398 g/mol. The average molecular weight is 430 g/mol. The van der Waals surface area contributed by atoms with Crippen LogP contribution in [-0.2, 0) is 26.3 Å². The smallest absolute Gasteiger partial charge is 0.306 e. The summed E-state index contributed by atoms with van der Waals surface area (Å²) in [6.07, 6.45) is 6.04. The molecule has 2 heterocycles. The molecule has 1 aliphatic heterocycles. The molecule has 0 radical (unpaired) electrons. The summed E-state index contributed by atoms with van der Waals surface area (Å²) in [5, 5.41) is 16.7. The van der Waals surface area contributed by atoms with E-state index in [1.807, 2.05) is 0 Å². The maximum atomic E-state index is 12.4. The van der Waals surface area contributed by atoms with Gasteiger partial charge in [-0.25, -0.2) is 0 Å². The maximum Gasteiger partial charge on any atom is 0.306 e. The van der Waals surface area contributed by atoms with Gasteiger partial charge in [-0.1, -0.05) is 6.42 Å². The van der Waals surface area contributed by atoms with Crippen LogP contribution in [0, 0.1) is 29.1 Å². The van der Waals surface area contributed by atoms with E-state index in [0.717, 1.165) is 29.2 Å². The monoisotopic (exact) mass is 429 g/mol. The molecule has 1 amide bonds. The molecule has 162 valence electrons. The van der Waals surface area contributed by atoms with Crippen LogP contribution < -0.4 is 10.6 Å². The molecule has 2 aliphatic carbocycles. The Balaban J connectivity index is 1.37. The number of rotatable bonds is 5. The van der Waals surface area contributed by atoms with E-state index in [1.54, 1.807) is 0 Å². The van der Waals surface area contributed by atoms with Gasteiger partial charge in [0.25, 0.3) is 5.91 Å². The number of esters is 1. The molecule has 0 saturated heterocycles. The van der Waals surface area contributed by atoms with Gasteiger partial charge in [-0.15, -0.1) is 11.3 Å². The number of hydrogen-bond donors (Lipinski definition) is 2. The zero-order valence-corrected chi connectivity index (χ0v) is 19.1. The Morgan fingerprint density at radius 2 is 2.03 bits per heavy atom. The molecule has 0 aromatic carbocycles. The summed E-state index contributed by atoms with van der Waals surface area (Å²) < 4.78 is 5.25. The first kappa shape index (κ1) is 21.3. The summed E-state index contributed by atoms with van der Waals surface area (Å²) in [6, 6.07) is 2.27. The number of carbonyl (C=O) groups excluding carboxylic acids is 2. The Labute approximate surface area is 182 Å². The third-order valence-electron chi connectivity index (χ3n) is 6.89. The van der Waals surface area contributed by atoms with Gasteiger partial charge in [0.2, 0.25) is 0 Å². The third-order valence-corrected chi connectivity index (χ3v) is 8.36. The molecule has 2 fully saturated rings. The van der Waals surface area contributed by atoms with Crippen LogP contribution in [0.2, 0.25) is 0 Å². The summed E-state index contributed by atoms with van der Waals surface area (Å²) in [5.41, 5.74) is 1.10. The van der Waals surface area contributed by atoms with Gasteiger partial charge in [0, 0.05) is 22.4 Å². The van der Waals surface area contributed by atoms with Gasteiger partial charge in [0.15, 0.2) is 6.61 Å². The Hall–Kier alpha value is -1.91. The lowest BCUT2D eigenvalue weighted by Gasteiger charge is -2.42. The Morgan fingerprint density at radius 3 is 2.67 bits per heavy atom. The lowest BCUT2D eigenvalue weighted by atomic mass is 9.81. The summed E-state index contributed by atoms with van der Waals surface area (Å²) in [7, 11) is 0. The van der Waals surface area contributed by atoms with E-state index in [1.165, 1.54) is 30.6 Å². The molecule has 1 aromatic rings. The van der Waals surface area contributed by atoms with Gasteiger partial charge in [0.05, 0.1) is 5.56 Å². The first-order valence-corrected chi connectivity index (χ1v) is 11.7. The minimum atomic E-state index is -0.392. The Kier molecular flexibility index (Phi) is 5.44. The minimum absolute atomic E-state index is 0.139. The minimum Gasteiger partial charge on any atom is -0.456 e. The van der Waals surface area contributed by atoms with Crippen molar-refractivity contribution in [2.75, 3.05) is 11.9 Å². The zero-order chi connectivity index (χ0) is 21.7. The number of nitrogens with zero attached hydrogens (tertiary/aromatic N) is 1. The molecule has 2 bridgehead atoms. The van der Waals surface area contributed by atoms with Crippen LogP contribution >= 0.6 is 11.3 Å². The van der Waals surface area contributed by atoms with Crippen LogP contribution in [0.3, 0.4) is 0 Å². The standard InChI is InChI=1S/C23H31N3O3S/c1-22(2)10-16-17(11-24)21(30-20(16)23(3,4)26-22)25-18(27)12-29-19(28)9-15-8-13-5-6-14(15)7-13/h13-15,26H,5-10,12H2,1-4H3,(H,25,27)/t13-,14+,15-/m0/s1. The van der Waals surface area contributed by atoms with Gasteiger partial charge in [0.1, 0.15) is 11.1 Å². The summed E-state index contributed by atoms with van der Waals surface area (Å²) in [5.74, 6) is 1.19. The van der Waals surface area contributed by atoms with Gasteiger partial charge in [-0.05, 0) is 76.7 Å². The lowest BCUT2D eigenvalue weighted by Crippen LogP contribution is -2.54. The number of fused-ring (bicyclic) bond motifs is 3. The molecule has 3 atom stereocenters. The van der Waals surface area contributed by atoms with Crippen molar-refractivity contribution >= 4 is 28.2 Å². The Morgan fingerprint density at radius 1 is 1.27 bits per heavy atom. The van der Waals surface area contributed by atoms with Crippen LogP contribution in [0.4, 0.5) is 5.00 Å². The average Bonchev–Trinajstić information content (AvgIpc) is 3.33. The second kappa shape index (κ2) is 7.65. The van der Waals surface area contributed by atoms with Gasteiger partial charge in [-0.2, -0.15) is 5.26 Å². The van der Waals surface area contributed by atoms with E-state index in [0.29, 0.717) is 28.8 Å². The van der Waals surface area contributed by atoms with E-state index in [-0.39, 0.29) is 23.7 Å². The van der Waals surface area contributed by atoms with Gasteiger partial charge >= 0.3 is 5.97 Å². The van der Waals surface area contributed by atoms with Crippen molar-refractivity contribution in [2.45, 2.75) is 77.3 Å². The predicted molar refractivity (Wildman–Crippen MR) is 116 cm³/mol. The van der Waals surface area contributed by atoms with Crippen LogP contribution in [0.15, 0.2) is 0 Å². The fraction of sp³-hybridized carbons (Fsp3) is 0.696. The second-order valence-corrected chi connectivity index (χ2v) is 11.4. The lowest BCUT2D eigenvalue weighted by molar-refractivity contribution is -0.148. The van der Waals surface area contributed by atoms with Crippen molar-refractivity contribution < 1.29 is 14.3 Å². The van der Waals surface area contributed by atoms with E-state index < -0.39 is 5.91 Å². The van der Waals surface area contributed by atoms with Crippen molar-refractivity contribution in [3.63, 3.8) is 0 Å². The third kappa shape index (κ3) is 4.13. The van der Waals surface area contributed by atoms with Crippen LogP contribution in [0.1, 0.15) is 75.8 Å². The normalized spacial score (nSPS) is 27.9. The highest BCUT2D eigenvalue weighted by Crippen LogP contribution is 2.49. The fourth-order valence-corrected chi connectivity index (χ4v) is 7.19. The summed E-state index contributed by atoms with van der Waals surface area (Å²) in [4.78, 5) is 25.7. The first-order chi connectivity index (χ1) is 14.1. The number of anilines is 1. The first-order valence-electron chi connectivity index (χ1n) is 10.9. The molecule has 6 nitrogen and oxygen atoms in total. The largest absolute Gasteiger partial charge is 0.456 e. The summed E-state index contributed by atoms with van der Waals surface area (Å²) >= 11 is 1.43. The molecule has 2 saturated carbocycles. The predicted octanol–water partition coefficient (Wildman–Crippen LogP) is 4.09.